The normalized spacial score (nSPS) is 19.1. The molecule has 0 unspecified atom stereocenters. The van der Waals surface area contributed by atoms with Gasteiger partial charge in [0.05, 0.1) is 11.2 Å². The van der Waals surface area contributed by atoms with Crippen molar-refractivity contribution in [2.75, 3.05) is 26.2 Å². The van der Waals surface area contributed by atoms with Gasteiger partial charge >= 0.3 is 0 Å². The van der Waals surface area contributed by atoms with Crippen LogP contribution in [0.15, 0.2) is 36.1 Å². The highest BCUT2D eigenvalue weighted by Gasteiger charge is 2.22. The second-order valence-corrected chi connectivity index (χ2v) is 6.18. The summed E-state index contributed by atoms with van der Waals surface area (Å²) in [6, 6.07) is 6.57. The fourth-order valence-electron chi connectivity index (χ4n) is 2.66. The SMILES string of the molecule is C[C@@H](c1ccccn1)N1CCN(Cc2cncs2)CC1. The summed E-state index contributed by atoms with van der Waals surface area (Å²) in [7, 11) is 0. The van der Waals surface area contributed by atoms with E-state index in [-0.39, 0.29) is 0 Å². The largest absolute Gasteiger partial charge is 0.296 e. The van der Waals surface area contributed by atoms with E-state index in [1.54, 1.807) is 11.3 Å². The number of rotatable bonds is 4. The van der Waals surface area contributed by atoms with Crippen LogP contribution in [0.3, 0.4) is 0 Å². The molecule has 1 aliphatic heterocycles. The highest BCUT2D eigenvalue weighted by Crippen LogP contribution is 2.20. The Morgan fingerprint density at radius 3 is 2.75 bits per heavy atom. The van der Waals surface area contributed by atoms with Crippen LogP contribution in [0.2, 0.25) is 0 Å². The third-order valence-electron chi connectivity index (χ3n) is 3.93. The predicted molar refractivity (Wildman–Crippen MR) is 81.6 cm³/mol. The molecule has 0 aliphatic carbocycles. The van der Waals surface area contributed by atoms with Gasteiger partial charge in [0, 0.05) is 56.0 Å². The maximum atomic E-state index is 4.47. The van der Waals surface area contributed by atoms with Gasteiger partial charge in [-0.05, 0) is 19.1 Å². The van der Waals surface area contributed by atoms with Gasteiger partial charge in [-0.15, -0.1) is 11.3 Å². The van der Waals surface area contributed by atoms with Crippen molar-refractivity contribution in [1.29, 1.82) is 0 Å². The molecule has 2 aromatic heterocycles. The molecule has 2 aromatic rings. The van der Waals surface area contributed by atoms with Crippen LogP contribution in [-0.4, -0.2) is 45.9 Å². The van der Waals surface area contributed by atoms with E-state index in [1.165, 1.54) is 10.6 Å². The minimum atomic E-state index is 0.404. The van der Waals surface area contributed by atoms with Crippen LogP contribution < -0.4 is 0 Å². The predicted octanol–water partition coefficient (Wildman–Crippen LogP) is 2.42. The lowest BCUT2D eigenvalue weighted by atomic mass is 10.1. The number of hydrogen-bond donors (Lipinski definition) is 0. The van der Waals surface area contributed by atoms with Crippen LogP contribution in [0.5, 0.6) is 0 Å². The average molecular weight is 288 g/mol. The highest BCUT2D eigenvalue weighted by atomic mass is 32.1. The van der Waals surface area contributed by atoms with E-state index in [9.17, 15) is 0 Å². The minimum absolute atomic E-state index is 0.404. The number of thiazole rings is 1. The van der Waals surface area contributed by atoms with E-state index >= 15 is 0 Å². The van der Waals surface area contributed by atoms with Crippen molar-refractivity contribution in [2.45, 2.75) is 19.5 Å². The van der Waals surface area contributed by atoms with Crippen molar-refractivity contribution in [3.05, 3.63) is 46.7 Å². The van der Waals surface area contributed by atoms with E-state index < -0.39 is 0 Å². The fraction of sp³-hybridized carbons (Fsp3) is 0.467. The molecule has 5 heteroatoms. The molecule has 20 heavy (non-hydrogen) atoms. The molecule has 3 rings (SSSR count). The van der Waals surface area contributed by atoms with Crippen LogP contribution in [-0.2, 0) is 6.54 Å². The number of pyridine rings is 1. The first-order valence-corrected chi connectivity index (χ1v) is 7.95. The molecule has 0 amide bonds. The summed E-state index contributed by atoms with van der Waals surface area (Å²) in [5, 5.41) is 0. The van der Waals surface area contributed by atoms with Crippen molar-refractivity contribution in [1.82, 2.24) is 19.8 Å². The summed E-state index contributed by atoms with van der Waals surface area (Å²) in [5.41, 5.74) is 3.08. The van der Waals surface area contributed by atoms with E-state index in [0.717, 1.165) is 32.7 Å². The van der Waals surface area contributed by atoms with E-state index in [1.807, 2.05) is 24.0 Å². The maximum Gasteiger partial charge on any atom is 0.0794 e. The Morgan fingerprint density at radius 1 is 1.25 bits per heavy atom. The lowest BCUT2D eigenvalue weighted by Crippen LogP contribution is -2.46. The molecule has 1 fully saturated rings. The molecule has 0 bridgehead atoms. The Labute approximate surface area is 124 Å². The van der Waals surface area contributed by atoms with Gasteiger partial charge in [0.1, 0.15) is 0 Å². The molecule has 106 valence electrons. The molecule has 1 atom stereocenters. The van der Waals surface area contributed by atoms with Crippen molar-refractivity contribution in [3.63, 3.8) is 0 Å². The first kappa shape index (κ1) is 13.7. The van der Waals surface area contributed by atoms with Gasteiger partial charge < -0.3 is 0 Å². The van der Waals surface area contributed by atoms with Gasteiger partial charge in [-0.2, -0.15) is 0 Å². The third kappa shape index (κ3) is 3.23. The second kappa shape index (κ2) is 6.43. The quantitative estimate of drug-likeness (QED) is 0.865. The number of aromatic nitrogens is 2. The Bertz CT molecular complexity index is 506. The Balaban J connectivity index is 1.53. The summed E-state index contributed by atoms with van der Waals surface area (Å²) in [6.45, 7) is 7.74. The molecule has 4 nitrogen and oxygen atoms in total. The van der Waals surface area contributed by atoms with Gasteiger partial charge in [0.25, 0.3) is 0 Å². The highest BCUT2D eigenvalue weighted by molar-refractivity contribution is 7.09. The summed E-state index contributed by atoms with van der Waals surface area (Å²) in [6.07, 6.45) is 3.86. The summed E-state index contributed by atoms with van der Waals surface area (Å²) >= 11 is 1.74. The van der Waals surface area contributed by atoms with Crippen LogP contribution in [0.25, 0.3) is 0 Å². The third-order valence-corrected chi connectivity index (χ3v) is 4.70. The van der Waals surface area contributed by atoms with Crippen LogP contribution >= 0.6 is 11.3 Å². The first-order valence-electron chi connectivity index (χ1n) is 7.07. The number of hydrogen-bond acceptors (Lipinski definition) is 5. The molecule has 1 saturated heterocycles. The van der Waals surface area contributed by atoms with Crippen molar-refractivity contribution < 1.29 is 0 Å². The topological polar surface area (TPSA) is 32.3 Å². The average Bonchev–Trinajstić information content (AvgIpc) is 3.01. The summed E-state index contributed by atoms with van der Waals surface area (Å²) in [4.78, 5) is 15.0. The molecule has 0 spiro atoms. The van der Waals surface area contributed by atoms with Crippen LogP contribution in [0.4, 0.5) is 0 Å². The fourth-order valence-corrected chi connectivity index (χ4v) is 3.30. The van der Waals surface area contributed by atoms with E-state index in [4.69, 9.17) is 0 Å². The molecular formula is C15H20N4S. The molecule has 0 radical (unpaired) electrons. The smallest absolute Gasteiger partial charge is 0.0794 e. The lowest BCUT2D eigenvalue weighted by molar-refractivity contribution is 0.0970. The van der Waals surface area contributed by atoms with Gasteiger partial charge in [0.2, 0.25) is 0 Å². The monoisotopic (exact) mass is 288 g/mol. The molecule has 0 N–H and O–H groups in total. The Morgan fingerprint density at radius 2 is 2.10 bits per heavy atom. The maximum absolute atomic E-state index is 4.47. The zero-order valence-electron chi connectivity index (χ0n) is 11.8. The van der Waals surface area contributed by atoms with Crippen molar-refractivity contribution in [3.8, 4) is 0 Å². The van der Waals surface area contributed by atoms with E-state index in [0.29, 0.717) is 6.04 Å². The molecule has 0 saturated carbocycles. The zero-order valence-corrected chi connectivity index (χ0v) is 12.6. The first-order chi connectivity index (χ1) is 9.83. The van der Waals surface area contributed by atoms with Gasteiger partial charge in [-0.25, -0.2) is 0 Å². The molecule has 0 aromatic carbocycles. The zero-order chi connectivity index (χ0) is 13.8. The summed E-state index contributed by atoms with van der Waals surface area (Å²) in [5.74, 6) is 0. The number of nitrogens with zero attached hydrogens (tertiary/aromatic N) is 4. The molecule has 1 aliphatic rings. The van der Waals surface area contributed by atoms with Gasteiger partial charge in [0.15, 0.2) is 0 Å². The van der Waals surface area contributed by atoms with Crippen molar-refractivity contribution in [2.24, 2.45) is 0 Å². The Kier molecular flexibility index (Phi) is 4.40. The van der Waals surface area contributed by atoms with Crippen LogP contribution in [0, 0.1) is 0 Å². The standard InChI is InChI=1S/C15H20N4S/c1-13(15-4-2-3-5-17-15)19-8-6-18(7-9-19)11-14-10-16-12-20-14/h2-5,10,12-13H,6-9,11H2,1H3/t13-/m0/s1. The molecular weight excluding hydrogens is 268 g/mol. The van der Waals surface area contributed by atoms with Gasteiger partial charge in [-0.3, -0.25) is 19.8 Å². The Hall–Kier alpha value is -1.30. The van der Waals surface area contributed by atoms with Gasteiger partial charge in [-0.1, -0.05) is 6.07 Å². The molecule has 3 heterocycles. The minimum Gasteiger partial charge on any atom is -0.296 e. The van der Waals surface area contributed by atoms with E-state index in [2.05, 4.69) is 38.8 Å². The van der Waals surface area contributed by atoms with Crippen molar-refractivity contribution >= 4 is 11.3 Å². The number of piperazine rings is 1. The second-order valence-electron chi connectivity index (χ2n) is 5.21. The summed E-state index contributed by atoms with van der Waals surface area (Å²) < 4.78 is 0. The van der Waals surface area contributed by atoms with Crippen LogP contribution in [0.1, 0.15) is 23.5 Å². The lowest BCUT2D eigenvalue weighted by Gasteiger charge is -2.37.